The molecular weight excluding hydrogens is 276 g/mol. The van der Waals surface area contributed by atoms with Gasteiger partial charge in [0.15, 0.2) is 5.78 Å². The minimum atomic E-state index is -0.123. The van der Waals surface area contributed by atoms with Crippen LogP contribution in [0, 0.1) is 11.8 Å². The molecule has 2 atom stereocenters. The van der Waals surface area contributed by atoms with Gasteiger partial charge in [0.1, 0.15) is 0 Å². The predicted octanol–water partition coefficient (Wildman–Crippen LogP) is 4.84. The second-order valence-corrected chi connectivity index (χ2v) is 6.41. The van der Waals surface area contributed by atoms with Gasteiger partial charge in [-0.25, -0.2) is 0 Å². The Morgan fingerprint density at radius 1 is 1.05 bits per heavy atom. The molecule has 1 aliphatic rings. The summed E-state index contributed by atoms with van der Waals surface area (Å²) in [5, 5.41) is 0. The molecule has 0 radical (unpaired) electrons. The summed E-state index contributed by atoms with van der Waals surface area (Å²) in [4.78, 5) is 23.0. The Bertz CT molecular complexity index is 360. The highest BCUT2D eigenvalue weighted by molar-refractivity contribution is 5.94. The zero-order chi connectivity index (χ0) is 16.2. The van der Waals surface area contributed by atoms with Crippen LogP contribution in [0.15, 0.2) is 12.2 Å². The van der Waals surface area contributed by atoms with Gasteiger partial charge in [-0.15, -0.1) is 0 Å². The maximum atomic E-state index is 12.0. The molecule has 0 bridgehead atoms. The molecule has 1 rings (SSSR count). The molecule has 0 fully saturated rings. The lowest BCUT2D eigenvalue weighted by Crippen LogP contribution is -2.16. The average molecular weight is 308 g/mol. The van der Waals surface area contributed by atoms with Gasteiger partial charge in [0.2, 0.25) is 0 Å². The molecular formula is C19H32O3. The molecule has 0 unspecified atom stereocenters. The molecule has 3 heteroatoms. The van der Waals surface area contributed by atoms with Crippen molar-refractivity contribution >= 4 is 11.8 Å². The molecule has 0 aliphatic heterocycles. The van der Waals surface area contributed by atoms with Crippen molar-refractivity contribution in [2.45, 2.75) is 77.6 Å². The molecule has 126 valence electrons. The summed E-state index contributed by atoms with van der Waals surface area (Å²) in [5.74, 6) is 0.902. The number of ether oxygens (including phenoxy) is 1. The molecule has 0 saturated heterocycles. The van der Waals surface area contributed by atoms with Gasteiger partial charge in [-0.2, -0.15) is 0 Å². The number of allylic oxidation sites excluding steroid dienone is 2. The van der Waals surface area contributed by atoms with Gasteiger partial charge in [-0.1, -0.05) is 57.9 Å². The monoisotopic (exact) mass is 308 g/mol. The van der Waals surface area contributed by atoms with Gasteiger partial charge in [0, 0.05) is 12.3 Å². The lowest BCUT2D eigenvalue weighted by Gasteiger charge is -2.18. The highest BCUT2D eigenvalue weighted by Crippen LogP contribution is 2.31. The fraction of sp³-hybridized carbons (Fsp3) is 0.789. The molecule has 3 nitrogen and oxygen atoms in total. The van der Waals surface area contributed by atoms with Crippen LogP contribution in [0.5, 0.6) is 0 Å². The molecule has 0 heterocycles. The topological polar surface area (TPSA) is 43.4 Å². The van der Waals surface area contributed by atoms with Crippen LogP contribution in [-0.4, -0.2) is 18.9 Å². The molecule has 0 amide bonds. The van der Waals surface area contributed by atoms with Crippen molar-refractivity contribution in [3.8, 4) is 0 Å². The van der Waals surface area contributed by atoms with Crippen LogP contribution in [0.4, 0.5) is 0 Å². The smallest absolute Gasteiger partial charge is 0.305 e. The molecule has 1 aliphatic carbocycles. The van der Waals surface area contributed by atoms with Crippen LogP contribution in [0.3, 0.4) is 0 Å². The first-order valence-corrected chi connectivity index (χ1v) is 8.98. The van der Waals surface area contributed by atoms with Gasteiger partial charge < -0.3 is 4.74 Å². The predicted molar refractivity (Wildman–Crippen MR) is 89.6 cm³/mol. The molecule has 0 spiro atoms. The fourth-order valence-electron chi connectivity index (χ4n) is 3.24. The van der Waals surface area contributed by atoms with Gasteiger partial charge in [0.25, 0.3) is 0 Å². The van der Waals surface area contributed by atoms with Crippen molar-refractivity contribution in [3.63, 3.8) is 0 Å². The van der Waals surface area contributed by atoms with E-state index in [9.17, 15) is 9.59 Å². The van der Waals surface area contributed by atoms with Crippen LogP contribution in [0.1, 0.15) is 77.6 Å². The quantitative estimate of drug-likeness (QED) is 0.382. The van der Waals surface area contributed by atoms with Gasteiger partial charge in [-0.05, 0) is 31.3 Å². The molecule has 22 heavy (non-hydrogen) atoms. The Morgan fingerprint density at radius 3 is 2.45 bits per heavy atom. The van der Waals surface area contributed by atoms with E-state index in [1.807, 2.05) is 0 Å². The van der Waals surface area contributed by atoms with Crippen LogP contribution in [0.25, 0.3) is 0 Å². The van der Waals surface area contributed by atoms with E-state index >= 15 is 0 Å². The summed E-state index contributed by atoms with van der Waals surface area (Å²) < 4.78 is 4.63. The SMILES string of the molecule is CCCCCC[C@H]1C=CC(=O)[C@@H]1CCCCCCC(=O)OC. The standard InChI is InChI=1S/C19H32O3/c1-3-4-5-8-11-16-14-15-18(20)17(16)12-9-6-7-10-13-19(21)22-2/h14-17H,3-13H2,1-2H3/t16-,17+/m0/s1. The largest absolute Gasteiger partial charge is 0.469 e. The lowest BCUT2D eigenvalue weighted by molar-refractivity contribution is -0.140. The van der Waals surface area contributed by atoms with E-state index in [2.05, 4.69) is 17.7 Å². The average Bonchev–Trinajstić information content (AvgIpc) is 2.87. The first-order valence-electron chi connectivity index (χ1n) is 8.98. The van der Waals surface area contributed by atoms with Crippen molar-refractivity contribution < 1.29 is 14.3 Å². The van der Waals surface area contributed by atoms with E-state index in [1.165, 1.54) is 32.8 Å². The highest BCUT2D eigenvalue weighted by atomic mass is 16.5. The molecule has 0 aromatic rings. The Balaban J connectivity index is 2.14. The molecule has 0 N–H and O–H groups in total. The number of esters is 1. The zero-order valence-corrected chi connectivity index (χ0v) is 14.3. The molecule has 0 aromatic carbocycles. The van der Waals surface area contributed by atoms with Crippen molar-refractivity contribution in [1.82, 2.24) is 0 Å². The summed E-state index contributed by atoms with van der Waals surface area (Å²) in [7, 11) is 1.43. The van der Waals surface area contributed by atoms with Crippen molar-refractivity contribution in [3.05, 3.63) is 12.2 Å². The Morgan fingerprint density at radius 2 is 1.73 bits per heavy atom. The first-order chi connectivity index (χ1) is 10.7. The van der Waals surface area contributed by atoms with Crippen LogP contribution < -0.4 is 0 Å². The Hall–Kier alpha value is -1.12. The second kappa shape index (κ2) is 11.4. The number of methoxy groups -OCH3 is 1. The summed E-state index contributed by atoms with van der Waals surface area (Å²) in [6, 6.07) is 0. The second-order valence-electron chi connectivity index (χ2n) is 6.41. The third kappa shape index (κ3) is 7.24. The fourth-order valence-corrected chi connectivity index (χ4v) is 3.24. The minimum Gasteiger partial charge on any atom is -0.469 e. The lowest BCUT2D eigenvalue weighted by atomic mass is 9.86. The zero-order valence-electron chi connectivity index (χ0n) is 14.3. The van der Waals surface area contributed by atoms with Crippen LogP contribution in [-0.2, 0) is 14.3 Å². The summed E-state index contributed by atoms with van der Waals surface area (Å²) in [6.07, 6.45) is 15.8. The van der Waals surface area contributed by atoms with Crippen LogP contribution >= 0.6 is 0 Å². The highest BCUT2D eigenvalue weighted by Gasteiger charge is 2.28. The molecule has 0 saturated carbocycles. The van der Waals surface area contributed by atoms with Gasteiger partial charge in [0.05, 0.1) is 7.11 Å². The van der Waals surface area contributed by atoms with E-state index < -0.39 is 0 Å². The van der Waals surface area contributed by atoms with Crippen LogP contribution in [0.2, 0.25) is 0 Å². The Labute approximate surface area is 135 Å². The van der Waals surface area contributed by atoms with Gasteiger partial charge >= 0.3 is 5.97 Å². The van der Waals surface area contributed by atoms with Crippen molar-refractivity contribution in [2.75, 3.05) is 7.11 Å². The number of carbonyl (C=O) groups excluding carboxylic acids is 2. The summed E-state index contributed by atoms with van der Waals surface area (Å²) in [5.41, 5.74) is 0. The van der Waals surface area contributed by atoms with E-state index in [4.69, 9.17) is 0 Å². The summed E-state index contributed by atoms with van der Waals surface area (Å²) >= 11 is 0. The Kier molecular flexibility index (Phi) is 9.85. The van der Waals surface area contributed by atoms with Crippen molar-refractivity contribution in [2.24, 2.45) is 11.8 Å². The number of carbonyl (C=O) groups is 2. The minimum absolute atomic E-state index is 0.123. The molecule has 0 aromatic heterocycles. The first kappa shape index (κ1) is 18.9. The maximum absolute atomic E-state index is 12.0. The van der Waals surface area contributed by atoms with E-state index in [1.54, 1.807) is 6.08 Å². The number of hydrogen-bond donors (Lipinski definition) is 0. The number of hydrogen-bond acceptors (Lipinski definition) is 3. The summed E-state index contributed by atoms with van der Waals surface area (Å²) in [6.45, 7) is 2.22. The van der Waals surface area contributed by atoms with E-state index in [0.717, 1.165) is 38.5 Å². The maximum Gasteiger partial charge on any atom is 0.305 e. The number of unbranched alkanes of at least 4 members (excludes halogenated alkanes) is 6. The third-order valence-corrected chi connectivity index (χ3v) is 4.65. The normalized spacial score (nSPS) is 20.5. The number of ketones is 1. The van der Waals surface area contributed by atoms with E-state index in [-0.39, 0.29) is 11.9 Å². The van der Waals surface area contributed by atoms with E-state index in [0.29, 0.717) is 18.1 Å². The third-order valence-electron chi connectivity index (χ3n) is 4.65. The number of rotatable bonds is 12. The van der Waals surface area contributed by atoms with Gasteiger partial charge in [-0.3, -0.25) is 9.59 Å². The van der Waals surface area contributed by atoms with Crippen molar-refractivity contribution in [1.29, 1.82) is 0 Å².